The maximum atomic E-state index is 12.2. The molecule has 0 atom stereocenters. The van der Waals surface area contributed by atoms with Gasteiger partial charge in [-0.3, -0.25) is 4.79 Å². The summed E-state index contributed by atoms with van der Waals surface area (Å²) >= 11 is 0. The molecule has 1 amide bonds. The average molecular weight is 284 g/mol. The lowest BCUT2D eigenvalue weighted by Crippen LogP contribution is -2.37. The molecule has 2 aromatic heterocycles. The third kappa shape index (κ3) is 3.35. The lowest BCUT2D eigenvalue weighted by molar-refractivity contribution is 0.102. The van der Waals surface area contributed by atoms with Gasteiger partial charge in [-0.15, -0.1) is 0 Å². The van der Waals surface area contributed by atoms with Crippen LogP contribution in [0, 0.1) is 0 Å². The average Bonchev–Trinajstić information content (AvgIpc) is 2.57. The van der Waals surface area contributed by atoms with Crippen molar-refractivity contribution >= 4 is 17.5 Å². The molecular weight excluding hydrogens is 268 g/mol. The van der Waals surface area contributed by atoms with Crippen molar-refractivity contribution in [3.8, 4) is 0 Å². The predicted molar refractivity (Wildman–Crippen MR) is 79.5 cm³/mol. The summed E-state index contributed by atoms with van der Waals surface area (Å²) < 4.78 is 5.32. The molecular formula is C15H16N4O2. The monoisotopic (exact) mass is 284 g/mol. The number of nitrogens with one attached hydrogen (secondary N) is 1. The molecule has 6 heteroatoms. The number of nitrogens with zero attached hydrogens (tertiary/aromatic N) is 3. The first-order valence-corrected chi connectivity index (χ1v) is 6.85. The Morgan fingerprint density at radius 2 is 2.00 bits per heavy atom. The number of anilines is 2. The van der Waals surface area contributed by atoms with Crippen LogP contribution < -0.4 is 10.2 Å². The van der Waals surface area contributed by atoms with E-state index in [9.17, 15) is 4.79 Å². The number of amides is 1. The number of morpholine rings is 1. The van der Waals surface area contributed by atoms with Gasteiger partial charge in [0.05, 0.1) is 13.2 Å². The van der Waals surface area contributed by atoms with Crippen LogP contribution in [0.25, 0.3) is 0 Å². The summed E-state index contributed by atoms with van der Waals surface area (Å²) in [5, 5.41) is 2.73. The van der Waals surface area contributed by atoms with Gasteiger partial charge < -0.3 is 15.0 Å². The number of hydrogen-bond acceptors (Lipinski definition) is 5. The van der Waals surface area contributed by atoms with Gasteiger partial charge in [-0.1, -0.05) is 12.1 Å². The van der Waals surface area contributed by atoms with Gasteiger partial charge in [0.25, 0.3) is 5.91 Å². The van der Waals surface area contributed by atoms with Crippen LogP contribution in [0.2, 0.25) is 0 Å². The third-order valence-corrected chi connectivity index (χ3v) is 3.21. The highest BCUT2D eigenvalue weighted by molar-refractivity contribution is 6.02. The Labute approximate surface area is 122 Å². The van der Waals surface area contributed by atoms with Crippen molar-refractivity contribution in [1.82, 2.24) is 9.97 Å². The molecule has 6 nitrogen and oxygen atoms in total. The van der Waals surface area contributed by atoms with Crippen molar-refractivity contribution in [2.45, 2.75) is 0 Å². The van der Waals surface area contributed by atoms with Crippen molar-refractivity contribution in [3.63, 3.8) is 0 Å². The maximum absolute atomic E-state index is 12.2. The molecule has 1 aliphatic heterocycles. The summed E-state index contributed by atoms with van der Waals surface area (Å²) in [6, 6.07) is 10.8. The zero-order chi connectivity index (χ0) is 14.5. The smallest absolute Gasteiger partial charge is 0.275 e. The molecule has 0 unspecified atom stereocenters. The number of pyridine rings is 2. The van der Waals surface area contributed by atoms with Gasteiger partial charge in [-0.2, -0.15) is 0 Å². The normalized spacial score (nSPS) is 14.8. The first kappa shape index (κ1) is 13.5. The van der Waals surface area contributed by atoms with Crippen LogP contribution in [0.3, 0.4) is 0 Å². The van der Waals surface area contributed by atoms with Gasteiger partial charge in [0.1, 0.15) is 17.3 Å². The molecule has 2 aromatic rings. The summed E-state index contributed by atoms with van der Waals surface area (Å²) in [4.78, 5) is 22.8. The number of carbonyl (C=O) groups excluding carboxylic acids is 1. The van der Waals surface area contributed by atoms with Crippen LogP contribution in [-0.2, 0) is 4.74 Å². The number of hydrogen-bond donors (Lipinski definition) is 1. The molecule has 1 N–H and O–H groups in total. The minimum absolute atomic E-state index is 0.260. The molecule has 1 aliphatic rings. The van der Waals surface area contributed by atoms with Crippen LogP contribution in [0.1, 0.15) is 10.5 Å². The topological polar surface area (TPSA) is 67.4 Å². The molecule has 0 saturated carbocycles. The lowest BCUT2D eigenvalue weighted by atomic mass is 10.3. The molecule has 0 spiro atoms. The minimum Gasteiger partial charge on any atom is -0.378 e. The molecule has 21 heavy (non-hydrogen) atoms. The quantitative estimate of drug-likeness (QED) is 0.926. The highest BCUT2D eigenvalue weighted by Crippen LogP contribution is 2.14. The second-order valence-corrected chi connectivity index (χ2v) is 4.65. The summed E-state index contributed by atoms with van der Waals surface area (Å²) in [5.74, 6) is 1.05. The van der Waals surface area contributed by atoms with E-state index in [4.69, 9.17) is 4.74 Å². The van der Waals surface area contributed by atoms with Crippen molar-refractivity contribution in [2.75, 3.05) is 36.5 Å². The largest absolute Gasteiger partial charge is 0.378 e. The van der Waals surface area contributed by atoms with Crippen LogP contribution in [0.15, 0.2) is 42.6 Å². The number of carbonyl (C=O) groups is 1. The molecule has 3 rings (SSSR count). The van der Waals surface area contributed by atoms with Crippen LogP contribution in [0.4, 0.5) is 11.6 Å². The van der Waals surface area contributed by atoms with E-state index in [1.54, 1.807) is 24.4 Å². The van der Waals surface area contributed by atoms with E-state index in [0.717, 1.165) is 18.9 Å². The Hall–Kier alpha value is -2.47. The van der Waals surface area contributed by atoms with Gasteiger partial charge in [-0.05, 0) is 24.3 Å². The zero-order valence-corrected chi connectivity index (χ0v) is 11.5. The van der Waals surface area contributed by atoms with E-state index in [1.165, 1.54) is 0 Å². The second kappa shape index (κ2) is 6.32. The second-order valence-electron chi connectivity index (χ2n) is 4.65. The molecule has 1 fully saturated rings. The van der Waals surface area contributed by atoms with Gasteiger partial charge in [0.15, 0.2) is 0 Å². The summed E-state index contributed by atoms with van der Waals surface area (Å²) in [5.41, 5.74) is 0.379. The fourth-order valence-corrected chi connectivity index (χ4v) is 2.14. The Bertz CT molecular complexity index is 612. The molecule has 0 aromatic carbocycles. The van der Waals surface area contributed by atoms with Crippen molar-refractivity contribution in [2.24, 2.45) is 0 Å². The van der Waals surface area contributed by atoms with E-state index < -0.39 is 0 Å². The first-order chi connectivity index (χ1) is 10.3. The van der Waals surface area contributed by atoms with Crippen molar-refractivity contribution < 1.29 is 9.53 Å². The fraction of sp³-hybridized carbons (Fsp3) is 0.267. The fourth-order valence-electron chi connectivity index (χ4n) is 2.14. The summed E-state index contributed by atoms with van der Waals surface area (Å²) in [7, 11) is 0. The van der Waals surface area contributed by atoms with Gasteiger partial charge in [0, 0.05) is 19.3 Å². The van der Waals surface area contributed by atoms with Gasteiger partial charge in [-0.25, -0.2) is 9.97 Å². The zero-order valence-electron chi connectivity index (χ0n) is 11.5. The molecule has 1 saturated heterocycles. The molecule has 0 bridgehead atoms. The van der Waals surface area contributed by atoms with Crippen molar-refractivity contribution in [1.29, 1.82) is 0 Å². The predicted octanol–water partition coefficient (Wildman–Crippen LogP) is 1.57. The van der Waals surface area contributed by atoms with Crippen molar-refractivity contribution in [3.05, 3.63) is 48.3 Å². The molecule has 0 radical (unpaired) electrons. The number of rotatable bonds is 3. The highest BCUT2D eigenvalue weighted by Gasteiger charge is 2.15. The number of ether oxygens (including phenoxy) is 1. The Morgan fingerprint density at radius 1 is 1.14 bits per heavy atom. The first-order valence-electron chi connectivity index (χ1n) is 6.85. The molecule has 0 aliphatic carbocycles. The van der Waals surface area contributed by atoms with Crippen LogP contribution >= 0.6 is 0 Å². The Kier molecular flexibility index (Phi) is 4.07. The minimum atomic E-state index is -0.260. The van der Waals surface area contributed by atoms with E-state index in [2.05, 4.69) is 20.2 Å². The van der Waals surface area contributed by atoms with E-state index >= 15 is 0 Å². The Balaban J connectivity index is 1.74. The summed E-state index contributed by atoms with van der Waals surface area (Å²) in [6.45, 7) is 2.95. The van der Waals surface area contributed by atoms with E-state index in [0.29, 0.717) is 24.7 Å². The standard InChI is InChI=1S/C15H16N4O2/c20-15(18-13-5-1-2-7-16-13)12-4-3-6-14(17-12)19-8-10-21-11-9-19/h1-7H,8-11H2,(H,16,18,20). The van der Waals surface area contributed by atoms with Gasteiger partial charge in [0.2, 0.25) is 0 Å². The van der Waals surface area contributed by atoms with Crippen LogP contribution in [-0.4, -0.2) is 42.2 Å². The van der Waals surface area contributed by atoms with Gasteiger partial charge >= 0.3 is 0 Å². The van der Waals surface area contributed by atoms with E-state index in [1.807, 2.05) is 18.2 Å². The SMILES string of the molecule is O=C(Nc1ccccn1)c1cccc(N2CCOCC2)n1. The summed E-state index contributed by atoms with van der Waals surface area (Å²) in [6.07, 6.45) is 1.63. The molecule has 3 heterocycles. The number of aromatic nitrogens is 2. The third-order valence-electron chi connectivity index (χ3n) is 3.21. The molecule has 108 valence electrons. The maximum Gasteiger partial charge on any atom is 0.275 e. The highest BCUT2D eigenvalue weighted by atomic mass is 16.5. The van der Waals surface area contributed by atoms with Crippen LogP contribution in [0.5, 0.6) is 0 Å². The lowest BCUT2D eigenvalue weighted by Gasteiger charge is -2.27. The Morgan fingerprint density at radius 3 is 2.76 bits per heavy atom. The van der Waals surface area contributed by atoms with E-state index in [-0.39, 0.29) is 5.91 Å².